The Labute approximate surface area is 117 Å². The maximum absolute atomic E-state index is 14.0. The minimum Gasteiger partial charge on any atom is -0.497 e. The molecule has 0 aliphatic carbocycles. The van der Waals surface area contributed by atoms with Gasteiger partial charge in [-0.1, -0.05) is 6.07 Å². The zero-order chi connectivity index (χ0) is 14.9. The Morgan fingerprint density at radius 1 is 1.20 bits per heavy atom. The number of rotatable bonds is 3. The van der Waals surface area contributed by atoms with Crippen LogP contribution < -0.4 is 10.5 Å². The molecule has 0 spiro atoms. The third-order valence-corrected chi connectivity index (χ3v) is 3.16. The number of ketones is 1. The SMILES string of the molecule is COc1ccc(C(=O)c2c(C)cc(C)cc2F)c(N)c1. The van der Waals surface area contributed by atoms with Crippen LogP contribution in [0.3, 0.4) is 0 Å². The molecule has 0 radical (unpaired) electrons. The smallest absolute Gasteiger partial charge is 0.198 e. The second-order valence-electron chi connectivity index (χ2n) is 4.72. The highest BCUT2D eigenvalue weighted by molar-refractivity contribution is 6.13. The molecule has 0 aliphatic heterocycles. The Balaban J connectivity index is 2.52. The summed E-state index contributed by atoms with van der Waals surface area (Å²) in [4.78, 5) is 12.5. The Hall–Kier alpha value is -2.36. The van der Waals surface area contributed by atoms with E-state index in [2.05, 4.69) is 0 Å². The molecule has 2 rings (SSSR count). The summed E-state index contributed by atoms with van der Waals surface area (Å²) in [6.07, 6.45) is 0. The Kier molecular flexibility index (Phi) is 3.74. The zero-order valence-corrected chi connectivity index (χ0v) is 11.7. The van der Waals surface area contributed by atoms with Gasteiger partial charge in [0.2, 0.25) is 0 Å². The van der Waals surface area contributed by atoms with Crippen LogP contribution in [0.25, 0.3) is 0 Å². The molecule has 0 aromatic heterocycles. The third kappa shape index (κ3) is 2.50. The van der Waals surface area contributed by atoms with E-state index in [0.29, 0.717) is 11.3 Å². The van der Waals surface area contributed by atoms with Gasteiger partial charge in [-0.3, -0.25) is 4.79 Å². The summed E-state index contributed by atoms with van der Waals surface area (Å²) in [7, 11) is 1.51. The Bertz CT molecular complexity index is 657. The number of hydrogen-bond donors (Lipinski definition) is 1. The molecule has 0 saturated carbocycles. The van der Waals surface area contributed by atoms with Crippen molar-refractivity contribution in [3.05, 3.63) is 58.4 Å². The lowest BCUT2D eigenvalue weighted by Crippen LogP contribution is -2.10. The molecule has 3 nitrogen and oxygen atoms in total. The van der Waals surface area contributed by atoms with Crippen LogP contribution in [0.1, 0.15) is 27.0 Å². The monoisotopic (exact) mass is 273 g/mol. The van der Waals surface area contributed by atoms with Crippen molar-refractivity contribution in [3.8, 4) is 5.75 Å². The van der Waals surface area contributed by atoms with Gasteiger partial charge in [-0.25, -0.2) is 4.39 Å². The number of nitrogen functional groups attached to an aromatic ring is 1. The van der Waals surface area contributed by atoms with Crippen molar-refractivity contribution in [2.75, 3.05) is 12.8 Å². The average Bonchev–Trinajstić information content (AvgIpc) is 2.37. The number of anilines is 1. The van der Waals surface area contributed by atoms with Gasteiger partial charge in [0.05, 0.1) is 12.7 Å². The molecule has 0 aliphatic rings. The fourth-order valence-corrected chi connectivity index (χ4v) is 2.21. The van der Waals surface area contributed by atoms with Crippen molar-refractivity contribution in [1.29, 1.82) is 0 Å². The van der Waals surface area contributed by atoms with Gasteiger partial charge in [-0.15, -0.1) is 0 Å². The van der Waals surface area contributed by atoms with Crippen LogP contribution in [0.4, 0.5) is 10.1 Å². The highest BCUT2D eigenvalue weighted by atomic mass is 19.1. The molecule has 0 saturated heterocycles. The van der Waals surface area contributed by atoms with E-state index in [0.717, 1.165) is 5.56 Å². The summed E-state index contributed by atoms with van der Waals surface area (Å²) >= 11 is 0. The van der Waals surface area contributed by atoms with Crippen molar-refractivity contribution in [2.24, 2.45) is 0 Å². The molecule has 0 bridgehead atoms. The molecule has 2 aromatic rings. The number of hydrogen-bond acceptors (Lipinski definition) is 3. The molecule has 0 heterocycles. The number of benzene rings is 2. The van der Waals surface area contributed by atoms with Crippen LogP contribution in [-0.2, 0) is 0 Å². The fourth-order valence-electron chi connectivity index (χ4n) is 2.21. The Morgan fingerprint density at radius 3 is 2.45 bits per heavy atom. The van der Waals surface area contributed by atoms with Gasteiger partial charge < -0.3 is 10.5 Å². The van der Waals surface area contributed by atoms with Crippen molar-refractivity contribution >= 4 is 11.5 Å². The van der Waals surface area contributed by atoms with Crippen LogP contribution >= 0.6 is 0 Å². The summed E-state index contributed by atoms with van der Waals surface area (Å²) < 4.78 is 19.1. The maximum atomic E-state index is 14.0. The maximum Gasteiger partial charge on any atom is 0.198 e. The average molecular weight is 273 g/mol. The van der Waals surface area contributed by atoms with Crippen molar-refractivity contribution in [1.82, 2.24) is 0 Å². The molecule has 0 unspecified atom stereocenters. The number of carbonyl (C=O) groups is 1. The second-order valence-corrected chi connectivity index (χ2v) is 4.72. The summed E-state index contributed by atoms with van der Waals surface area (Å²) in [5.74, 6) is -0.386. The predicted molar refractivity (Wildman–Crippen MR) is 76.7 cm³/mol. The van der Waals surface area contributed by atoms with Gasteiger partial charge in [0.15, 0.2) is 5.78 Å². The number of nitrogens with two attached hydrogens (primary N) is 1. The first-order valence-electron chi connectivity index (χ1n) is 6.19. The predicted octanol–water partition coefficient (Wildman–Crippen LogP) is 3.26. The van der Waals surface area contributed by atoms with Crippen LogP contribution in [0.2, 0.25) is 0 Å². The number of ether oxygens (including phenoxy) is 1. The van der Waals surface area contributed by atoms with E-state index in [4.69, 9.17) is 10.5 Å². The normalized spacial score (nSPS) is 10.4. The number of carbonyl (C=O) groups excluding carboxylic acids is 1. The van der Waals surface area contributed by atoms with Crippen LogP contribution in [0, 0.1) is 19.7 Å². The van der Waals surface area contributed by atoms with E-state index in [-0.39, 0.29) is 16.8 Å². The van der Waals surface area contributed by atoms with Gasteiger partial charge in [0.1, 0.15) is 11.6 Å². The molecule has 0 amide bonds. The van der Waals surface area contributed by atoms with E-state index in [9.17, 15) is 9.18 Å². The van der Waals surface area contributed by atoms with E-state index < -0.39 is 11.6 Å². The molecule has 20 heavy (non-hydrogen) atoms. The Morgan fingerprint density at radius 2 is 1.90 bits per heavy atom. The van der Waals surface area contributed by atoms with Crippen LogP contribution in [0.5, 0.6) is 5.75 Å². The molecule has 2 N–H and O–H groups in total. The van der Waals surface area contributed by atoms with Gasteiger partial charge in [-0.2, -0.15) is 0 Å². The summed E-state index contributed by atoms with van der Waals surface area (Å²) in [5.41, 5.74) is 7.83. The summed E-state index contributed by atoms with van der Waals surface area (Å²) in [5, 5.41) is 0. The summed E-state index contributed by atoms with van der Waals surface area (Å²) in [6, 6.07) is 7.85. The first-order chi connectivity index (χ1) is 9.43. The van der Waals surface area contributed by atoms with Crippen LogP contribution in [0.15, 0.2) is 30.3 Å². The molecule has 0 fully saturated rings. The minimum atomic E-state index is -0.525. The van der Waals surface area contributed by atoms with Crippen LogP contribution in [-0.4, -0.2) is 12.9 Å². The van der Waals surface area contributed by atoms with Crippen molar-refractivity contribution in [3.63, 3.8) is 0 Å². The first kappa shape index (κ1) is 14.1. The zero-order valence-electron chi connectivity index (χ0n) is 11.7. The lowest BCUT2D eigenvalue weighted by atomic mass is 9.96. The molecule has 2 aromatic carbocycles. The van der Waals surface area contributed by atoms with Gasteiger partial charge in [-0.05, 0) is 43.2 Å². The lowest BCUT2D eigenvalue weighted by molar-refractivity contribution is 0.103. The summed E-state index contributed by atoms with van der Waals surface area (Å²) in [6.45, 7) is 3.50. The number of halogens is 1. The standard InChI is InChI=1S/C16H16FNO2/c1-9-6-10(2)15(13(17)7-9)16(19)12-5-4-11(20-3)8-14(12)18/h4-8H,18H2,1-3H3. The fraction of sp³-hybridized carbons (Fsp3) is 0.188. The quantitative estimate of drug-likeness (QED) is 0.689. The minimum absolute atomic E-state index is 0.0625. The topological polar surface area (TPSA) is 52.3 Å². The molecule has 104 valence electrons. The van der Waals surface area contributed by atoms with Crippen molar-refractivity contribution < 1.29 is 13.9 Å². The van der Waals surface area contributed by atoms with Gasteiger partial charge in [0.25, 0.3) is 0 Å². The highest BCUT2D eigenvalue weighted by Crippen LogP contribution is 2.25. The third-order valence-electron chi connectivity index (χ3n) is 3.16. The van der Waals surface area contributed by atoms with Crippen molar-refractivity contribution in [2.45, 2.75) is 13.8 Å². The highest BCUT2D eigenvalue weighted by Gasteiger charge is 2.19. The van der Waals surface area contributed by atoms with E-state index in [1.54, 1.807) is 38.1 Å². The molecular weight excluding hydrogens is 257 g/mol. The van der Waals surface area contributed by atoms with E-state index in [1.165, 1.54) is 13.2 Å². The first-order valence-corrected chi connectivity index (χ1v) is 6.19. The van der Waals surface area contributed by atoms with Gasteiger partial charge >= 0.3 is 0 Å². The largest absolute Gasteiger partial charge is 0.497 e. The lowest BCUT2D eigenvalue weighted by Gasteiger charge is -2.10. The van der Waals surface area contributed by atoms with Gasteiger partial charge in [0, 0.05) is 17.3 Å². The second kappa shape index (κ2) is 5.33. The molecule has 0 atom stereocenters. The van der Waals surface area contributed by atoms with E-state index >= 15 is 0 Å². The number of methoxy groups -OCH3 is 1. The molecular formula is C16H16FNO2. The number of aryl methyl sites for hydroxylation is 2. The van der Waals surface area contributed by atoms with E-state index in [1.807, 2.05) is 0 Å². The molecule has 4 heteroatoms.